The van der Waals surface area contributed by atoms with Gasteiger partial charge in [-0.15, -0.1) is 11.3 Å². The lowest BCUT2D eigenvalue weighted by Crippen LogP contribution is -2.29. The van der Waals surface area contributed by atoms with Crippen LogP contribution in [0.1, 0.15) is 58.3 Å². The predicted molar refractivity (Wildman–Crippen MR) is 169 cm³/mol. The van der Waals surface area contributed by atoms with Crippen molar-refractivity contribution in [1.29, 1.82) is 0 Å². The molecule has 2 aromatic carbocycles. The van der Waals surface area contributed by atoms with Crippen LogP contribution in [0.25, 0.3) is 16.2 Å². The third-order valence-electron chi connectivity index (χ3n) is 5.94. The third-order valence-corrected chi connectivity index (χ3v) is 9.47. The van der Waals surface area contributed by atoms with E-state index < -0.39 is 61.3 Å². The van der Waals surface area contributed by atoms with Crippen LogP contribution in [0.4, 0.5) is 4.39 Å². The van der Waals surface area contributed by atoms with E-state index in [-0.39, 0.29) is 16.1 Å². The topological polar surface area (TPSA) is 117 Å². The summed E-state index contributed by atoms with van der Waals surface area (Å²) < 4.78 is 51.0. The lowest BCUT2D eigenvalue weighted by molar-refractivity contribution is -0.162. The highest BCUT2D eigenvalue weighted by atomic mass is 35.5. The van der Waals surface area contributed by atoms with Crippen LogP contribution in [-0.2, 0) is 37.5 Å². The summed E-state index contributed by atoms with van der Waals surface area (Å²) in [6.45, 7) is 8.02. The fourth-order valence-corrected chi connectivity index (χ4v) is 6.66. The van der Waals surface area contributed by atoms with Gasteiger partial charge in [0, 0.05) is 26.5 Å². The van der Waals surface area contributed by atoms with Gasteiger partial charge in [-0.2, -0.15) is 0 Å². The molecule has 0 saturated carbocycles. The summed E-state index contributed by atoms with van der Waals surface area (Å²) in [5.41, 5.74) is -3.19. The van der Waals surface area contributed by atoms with E-state index in [1.807, 2.05) is 0 Å². The number of carbonyl (C=O) groups excluding carboxylic acids is 3. The minimum atomic E-state index is -4.67. The lowest BCUT2D eigenvalue weighted by atomic mass is 9.98. The molecule has 3 rings (SSSR count). The molecule has 1 N–H and O–H groups in total. The number of thiophene rings is 1. The molecule has 14 heteroatoms. The standard InChI is InChI=1S/C30H33Cl2FNO8PS/c1-29(2,3)27(36)39-16-41-43(38,42-17-40-28(37)30(4,5)6)25(22-15-44-24-10-8-20(32)14-21(22)24)26(35)34-12-11-18-13-19(31)7-9-23(18)33/h7-15,25H,16-17H2,1-6H3,(H,34,35). The van der Waals surface area contributed by atoms with Crippen molar-refractivity contribution < 1.29 is 41.9 Å². The van der Waals surface area contributed by atoms with Gasteiger partial charge in [0.25, 0.3) is 0 Å². The zero-order chi connectivity index (χ0) is 32.9. The minimum absolute atomic E-state index is 0.0842. The Bertz CT molecular complexity index is 1580. The van der Waals surface area contributed by atoms with E-state index in [0.29, 0.717) is 15.1 Å². The summed E-state index contributed by atoms with van der Waals surface area (Å²) in [7, 11) is -4.67. The van der Waals surface area contributed by atoms with Gasteiger partial charge in [0.05, 0.1) is 10.8 Å². The first-order chi connectivity index (χ1) is 20.4. The molecule has 0 fully saturated rings. The SMILES string of the molecule is CC(C)(C)C(=O)OCOP(=O)(OCOC(=O)C(C)(C)C)C(C(=O)NC=Cc1cc(Cl)ccc1F)c1csc2ccc(Cl)cc12. The van der Waals surface area contributed by atoms with Crippen molar-refractivity contribution in [3.63, 3.8) is 0 Å². The number of hydrogen-bond acceptors (Lipinski definition) is 9. The Morgan fingerprint density at radius 2 is 1.48 bits per heavy atom. The number of ether oxygens (including phenoxy) is 2. The molecule has 1 aromatic heterocycles. The summed E-state index contributed by atoms with van der Waals surface area (Å²) in [5, 5.41) is 5.19. The second-order valence-electron chi connectivity index (χ2n) is 11.6. The Morgan fingerprint density at radius 1 is 0.932 bits per heavy atom. The second kappa shape index (κ2) is 14.5. The zero-order valence-corrected chi connectivity index (χ0v) is 28.2. The number of benzene rings is 2. The molecule has 0 aliphatic rings. The summed E-state index contributed by atoms with van der Waals surface area (Å²) in [6, 6.07) is 8.87. The molecule has 0 radical (unpaired) electrons. The van der Waals surface area contributed by atoms with Crippen LogP contribution < -0.4 is 5.32 Å². The van der Waals surface area contributed by atoms with Gasteiger partial charge in [-0.3, -0.25) is 28.0 Å². The number of halogens is 3. The van der Waals surface area contributed by atoms with Crippen molar-refractivity contribution in [2.75, 3.05) is 13.6 Å². The van der Waals surface area contributed by atoms with Crippen LogP contribution >= 0.6 is 42.1 Å². The molecule has 1 unspecified atom stereocenters. The Kier molecular flexibility index (Phi) is 11.8. The number of hydrogen-bond donors (Lipinski definition) is 1. The minimum Gasteiger partial charge on any atom is -0.438 e. The Morgan fingerprint density at radius 3 is 2.05 bits per heavy atom. The maximum Gasteiger partial charge on any atom is 0.353 e. The summed E-state index contributed by atoms with van der Waals surface area (Å²) >= 11 is 13.5. The number of amides is 1. The summed E-state index contributed by atoms with van der Waals surface area (Å²) in [4.78, 5) is 38.6. The van der Waals surface area contributed by atoms with Crippen molar-refractivity contribution in [3.05, 3.63) is 75.0 Å². The van der Waals surface area contributed by atoms with Crippen LogP contribution in [0.2, 0.25) is 10.0 Å². The highest BCUT2D eigenvalue weighted by molar-refractivity contribution is 7.55. The maximum atomic E-state index is 14.6. The van der Waals surface area contributed by atoms with Crippen LogP contribution in [0.15, 0.2) is 48.0 Å². The van der Waals surface area contributed by atoms with E-state index in [1.165, 1.54) is 35.6 Å². The maximum absolute atomic E-state index is 14.6. The van der Waals surface area contributed by atoms with Crippen molar-refractivity contribution in [3.8, 4) is 0 Å². The van der Waals surface area contributed by atoms with Gasteiger partial charge in [-0.1, -0.05) is 23.2 Å². The van der Waals surface area contributed by atoms with Gasteiger partial charge < -0.3 is 14.8 Å². The summed E-state index contributed by atoms with van der Waals surface area (Å²) in [6.07, 6.45) is 2.41. The molecule has 0 aliphatic heterocycles. The molecular formula is C30H33Cl2FNO8PS. The Balaban J connectivity index is 2.04. The smallest absolute Gasteiger partial charge is 0.353 e. The molecular weight excluding hydrogens is 655 g/mol. The molecule has 44 heavy (non-hydrogen) atoms. The first-order valence-electron chi connectivity index (χ1n) is 13.2. The summed E-state index contributed by atoms with van der Waals surface area (Å²) in [5.74, 6) is -2.79. The zero-order valence-electron chi connectivity index (χ0n) is 24.9. The van der Waals surface area contributed by atoms with Gasteiger partial charge in [-0.25, -0.2) is 4.39 Å². The Hall–Kier alpha value is -2.79. The van der Waals surface area contributed by atoms with Crippen LogP contribution in [-0.4, -0.2) is 31.4 Å². The van der Waals surface area contributed by atoms with Crippen molar-refractivity contribution in [1.82, 2.24) is 5.32 Å². The van der Waals surface area contributed by atoms with Gasteiger partial charge in [0.1, 0.15) is 5.82 Å². The number of nitrogens with one attached hydrogen (secondary N) is 1. The molecule has 1 amide bonds. The molecule has 9 nitrogen and oxygen atoms in total. The van der Waals surface area contributed by atoms with E-state index in [2.05, 4.69) is 5.32 Å². The highest BCUT2D eigenvalue weighted by Crippen LogP contribution is 2.62. The highest BCUT2D eigenvalue weighted by Gasteiger charge is 2.45. The van der Waals surface area contributed by atoms with E-state index in [9.17, 15) is 23.3 Å². The van der Waals surface area contributed by atoms with Gasteiger partial charge >= 0.3 is 19.5 Å². The van der Waals surface area contributed by atoms with Gasteiger partial charge in [0.15, 0.2) is 5.66 Å². The molecule has 0 bridgehead atoms. The van der Waals surface area contributed by atoms with Crippen LogP contribution in [0.5, 0.6) is 0 Å². The molecule has 0 saturated heterocycles. The van der Waals surface area contributed by atoms with Crippen molar-refractivity contribution in [2.45, 2.75) is 47.2 Å². The number of fused-ring (bicyclic) bond motifs is 1. The normalized spacial score (nSPS) is 13.2. The quantitative estimate of drug-likeness (QED) is 0.121. The molecule has 0 spiro atoms. The molecule has 1 heterocycles. The van der Waals surface area contributed by atoms with E-state index >= 15 is 0 Å². The average molecular weight is 689 g/mol. The fraction of sp³-hybridized carbons (Fsp3) is 0.367. The average Bonchev–Trinajstić information content (AvgIpc) is 3.31. The molecule has 0 aliphatic carbocycles. The van der Waals surface area contributed by atoms with Gasteiger partial charge in [-0.05, 0) is 100 Å². The van der Waals surface area contributed by atoms with Crippen molar-refractivity contribution in [2.24, 2.45) is 10.8 Å². The first-order valence-corrected chi connectivity index (χ1v) is 16.5. The first kappa shape index (κ1) is 35.7. The van der Waals surface area contributed by atoms with Crippen LogP contribution in [0, 0.1) is 16.6 Å². The Labute approximate surface area is 269 Å². The molecule has 1 atom stereocenters. The lowest BCUT2D eigenvalue weighted by Gasteiger charge is -2.27. The number of esters is 2. The number of carbonyl (C=O) groups is 3. The van der Waals surface area contributed by atoms with E-state index in [0.717, 1.165) is 6.20 Å². The second-order valence-corrected chi connectivity index (χ2v) is 15.5. The largest absolute Gasteiger partial charge is 0.438 e. The molecule has 238 valence electrons. The van der Waals surface area contributed by atoms with E-state index in [4.69, 9.17) is 41.7 Å². The number of rotatable bonds is 11. The van der Waals surface area contributed by atoms with E-state index in [1.54, 1.807) is 65.1 Å². The van der Waals surface area contributed by atoms with Crippen LogP contribution in [0.3, 0.4) is 0 Å². The fourth-order valence-electron chi connectivity index (χ4n) is 3.55. The third kappa shape index (κ3) is 9.36. The predicted octanol–water partition coefficient (Wildman–Crippen LogP) is 8.50. The van der Waals surface area contributed by atoms with Crippen molar-refractivity contribution >= 4 is 76.1 Å². The monoisotopic (exact) mass is 687 g/mol. The molecule has 3 aromatic rings. The van der Waals surface area contributed by atoms with Gasteiger partial charge in [0.2, 0.25) is 19.5 Å².